The van der Waals surface area contributed by atoms with Crippen molar-refractivity contribution in [3.8, 4) is 11.3 Å². The van der Waals surface area contributed by atoms with Crippen LogP contribution >= 0.6 is 0 Å². The summed E-state index contributed by atoms with van der Waals surface area (Å²) in [6.07, 6.45) is 4.21. The van der Waals surface area contributed by atoms with Crippen LogP contribution in [0.2, 0.25) is 0 Å². The number of imidazole rings is 1. The number of aromatic nitrogens is 2. The van der Waals surface area contributed by atoms with Gasteiger partial charge in [0.1, 0.15) is 6.20 Å². The summed E-state index contributed by atoms with van der Waals surface area (Å²) in [5.41, 5.74) is 3.87. The first kappa shape index (κ1) is 9.00. The first-order valence-electron chi connectivity index (χ1n) is 4.76. The Hall–Kier alpha value is -1.57. The lowest BCUT2D eigenvalue weighted by Crippen LogP contribution is -2.23. The molecule has 0 aliphatic carbocycles. The van der Waals surface area contributed by atoms with Crippen molar-refractivity contribution in [3.05, 3.63) is 42.4 Å². The average Bonchev–Trinajstić information content (AvgIpc) is 2.46. The van der Waals surface area contributed by atoms with Gasteiger partial charge in [-0.3, -0.25) is 0 Å². The molecule has 2 rings (SSSR count). The molecule has 72 valence electrons. The van der Waals surface area contributed by atoms with Crippen LogP contribution in [0.4, 0.5) is 0 Å². The molecule has 1 aromatic heterocycles. The van der Waals surface area contributed by atoms with E-state index in [1.807, 2.05) is 7.05 Å². The Bertz CT molecular complexity index is 455. The van der Waals surface area contributed by atoms with Crippen molar-refractivity contribution in [2.24, 2.45) is 14.1 Å². The zero-order valence-electron chi connectivity index (χ0n) is 8.86. The molecule has 2 nitrogen and oxygen atoms in total. The van der Waals surface area contributed by atoms with Gasteiger partial charge in [0.25, 0.3) is 0 Å². The molecule has 0 aliphatic rings. The van der Waals surface area contributed by atoms with E-state index >= 15 is 0 Å². The maximum atomic E-state index is 2.16. The van der Waals surface area contributed by atoms with Crippen LogP contribution in [0.15, 0.2) is 36.8 Å². The van der Waals surface area contributed by atoms with Gasteiger partial charge >= 0.3 is 0 Å². The van der Waals surface area contributed by atoms with Crippen LogP contribution in [0.5, 0.6) is 0 Å². The van der Waals surface area contributed by atoms with Gasteiger partial charge < -0.3 is 0 Å². The molecule has 0 saturated heterocycles. The fourth-order valence-electron chi connectivity index (χ4n) is 1.77. The molecule has 0 radical (unpaired) electrons. The van der Waals surface area contributed by atoms with Crippen molar-refractivity contribution in [2.45, 2.75) is 6.92 Å². The van der Waals surface area contributed by atoms with Crippen molar-refractivity contribution >= 4 is 0 Å². The van der Waals surface area contributed by atoms with Crippen molar-refractivity contribution in [1.82, 2.24) is 4.57 Å². The van der Waals surface area contributed by atoms with Crippen molar-refractivity contribution < 1.29 is 4.57 Å². The Labute approximate surface area is 84.4 Å². The standard InChI is InChI=1S/C12H15N2/c1-10-6-4-5-7-11(10)12-8-13(2)9-14(12)3/h4-9H,1-3H3/q+1. The van der Waals surface area contributed by atoms with E-state index in [2.05, 4.69) is 59.9 Å². The molecule has 1 heterocycles. The second-order valence-electron chi connectivity index (χ2n) is 3.72. The van der Waals surface area contributed by atoms with E-state index in [0.717, 1.165) is 0 Å². The summed E-state index contributed by atoms with van der Waals surface area (Å²) in [6, 6.07) is 8.45. The van der Waals surface area contributed by atoms with E-state index in [4.69, 9.17) is 0 Å². The molecule has 0 spiro atoms. The second-order valence-corrected chi connectivity index (χ2v) is 3.72. The van der Waals surface area contributed by atoms with Crippen LogP contribution in [0.25, 0.3) is 11.3 Å². The fraction of sp³-hybridized carbons (Fsp3) is 0.250. The number of hydrogen-bond donors (Lipinski definition) is 0. The minimum absolute atomic E-state index is 1.26. The molecule has 2 aromatic rings. The number of hydrogen-bond acceptors (Lipinski definition) is 0. The maximum absolute atomic E-state index is 2.16. The molecule has 0 bridgehead atoms. The monoisotopic (exact) mass is 187 g/mol. The van der Waals surface area contributed by atoms with Gasteiger partial charge in [0.2, 0.25) is 6.33 Å². The van der Waals surface area contributed by atoms with Gasteiger partial charge in [0.05, 0.1) is 14.1 Å². The van der Waals surface area contributed by atoms with Gasteiger partial charge in [-0.25, -0.2) is 9.13 Å². The highest BCUT2D eigenvalue weighted by molar-refractivity contribution is 5.62. The molecule has 2 heteroatoms. The SMILES string of the molecule is Cc1ccccc1-c1c[n+](C)cn1C. The van der Waals surface area contributed by atoms with Crippen molar-refractivity contribution in [3.63, 3.8) is 0 Å². The molecule has 0 aliphatic heterocycles. The van der Waals surface area contributed by atoms with Gasteiger partial charge in [0, 0.05) is 5.56 Å². The summed E-state index contributed by atoms with van der Waals surface area (Å²) in [4.78, 5) is 0. The van der Waals surface area contributed by atoms with E-state index in [1.165, 1.54) is 16.8 Å². The predicted molar refractivity (Wildman–Crippen MR) is 56.8 cm³/mol. The third-order valence-corrected chi connectivity index (χ3v) is 2.48. The Morgan fingerprint density at radius 2 is 1.93 bits per heavy atom. The van der Waals surface area contributed by atoms with Gasteiger partial charge in [-0.2, -0.15) is 0 Å². The first-order valence-corrected chi connectivity index (χ1v) is 4.76. The fourth-order valence-corrected chi connectivity index (χ4v) is 1.77. The molecule has 14 heavy (non-hydrogen) atoms. The number of benzene rings is 1. The molecule has 0 amide bonds. The second kappa shape index (κ2) is 3.29. The van der Waals surface area contributed by atoms with Crippen molar-refractivity contribution in [1.29, 1.82) is 0 Å². The third-order valence-electron chi connectivity index (χ3n) is 2.48. The summed E-state index contributed by atoms with van der Waals surface area (Å²) in [7, 11) is 4.11. The predicted octanol–water partition coefficient (Wildman–Crippen LogP) is 1.83. The molecule has 0 N–H and O–H groups in total. The van der Waals surface area contributed by atoms with E-state index in [-0.39, 0.29) is 0 Å². The molecule has 0 fully saturated rings. The first-order chi connectivity index (χ1) is 6.68. The highest BCUT2D eigenvalue weighted by Crippen LogP contribution is 2.20. The summed E-state index contributed by atoms with van der Waals surface area (Å²) in [5, 5.41) is 0. The van der Waals surface area contributed by atoms with Crippen LogP contribution in [-0.4, -0.2) is 4.57 Å². The van der Waals surface area contributed by atoms with Gasteiger partial charge in [0.15, 0.2) is 5.69 Å². The molecule has 0 saturated carbocycles. The van der Waals surface area contributed by atoms with Gasteiger partial charge in [-0.1, -0.05) is 24.3 Å². The Kier molecular flexibility index (Phi) is 2.12. The van der Waals surface area contributed by atoms with E-state index < -0.39 is 0 Å². The smallest absolute Gasteiger partial charge is 0.239 e. The average molecular weight is 187 g/mol. The maximum Gasteiger partial charge on any atom is 0.243 e. The summed E-state index contributed by atoms with van der Waals surface area (Å²) < 4.78 is 4.21. The van der Waals surface area contributed by atoms with Crippen LogP contribution in [0.3, 0.4) is 0 Å². The quantitative estimate of drug-likeness (QED) is 0.602. The Morgan fingerprint density at radius 3 is 2.50 bits per heavy atom. The highest BCUT2D eigenvalue weighted by atomic mass is 15.1. The zero-order chi connectivity index (χ0) is 10.1. The van der Waals surface area contributed by atoms with Crippen LogP contribution < -0.4 is 4.57 Å². The van der Waals surface area contributed by atoms with Crippen molar-refractivity contribution in [2.75, 3.05) is 0 Å². The molecule has 0 unspecified atom stereocenters. The lowest BCUT2D eigenvalue weighted by molar-refractivity contribution is -0.670. The minimum Gasteiger partial charge on any atom is -0.239 e. The zero-order valence-corrected chi connectivity index (χ0v) is 8.86. The number of rotatable bonds is 1. The van der Waals surface area contributed by atoms with Gasteiger partial charge in [-0.15, -0.1) is 0 Å². The van der Waals surface area contributed by atoms with Crippen LogP contribution in [-0.2, 0) is 14.1 Å². The Balaban J connectivity index is 2.60. The molecule has 1 aromatic carbocycles. The largest absolute Gasteiger partial charge is 0.243 e. The summed E-state index contributed by atoms with van der Waals surface area (Å²) in [6.45, 7) is 2.14. The number of nitrogens with zero attached hydrogens (tertiary/aromatic N) is 2. The van der Waals surface area contributed by atoms with E-state index in [0.29, 0.717) is 0 Å². The number of aryl methyl sites for hydroxylation is 3. The van der Waals surface area contributed by atoms with Gasteiger partial charge in [-0.05, 0) is 12.5 Å². The molecule has 0 atom stereocenters. The van der Waals surface area contributed by atoms with E-state index in [1.54, 1.807) is 0 Å². The summed E-state index contributed by atoms with van der Waals surface area (Å²) in [5.74, 6) is 0. The molecular weight excluding hydrogens is 172 g/mol. The van der Waals surface area contributed by atoms with Crippen LogP contribution in [0.1, 0.15) is 5.56 Å². The minimum atomic E-state index is 1.26. The Morgan fingerprint density at radius 1 is 1.21 bits per heavy atom. The topological polar surface area (TPSA) is 8.81 Å². The third kappa shape index (κ3) is 1.43. The normalized spacial score (nSPS) is 10.5. The van der Waals surface area contributed by atoms with Crippen LogP contribution in [0, 0.1) is 6.92 Å². The highest BCUT2D eigenvalue weighted by Gasteiger charge is 2.11. The van der Waals surface area contributed by atoms with E-state index in [9.17, 15) is 0 Å². The lowest BCUT2D eigenvalue weighted by Gasteiger charge is -2.00. The molecular formula is C12H15N2+. The lowest BCUT2D eigenvalue weighted by atomic mass is 10.1. The summed E-state index contributed by atoms with van der Waals surface area (Å²) >= 11 is 0.